The van der Waals surface area contributed by atoms with Crippen LogP contribution in [0, 0.1) is 0 Å². The predicted octanol–water partition coefficient (Wildman–Crippen LogP) is 4.30. The summed E-state index contributed by atoms with van der Waals surface area (Å²) < 4.78 is 10.1. The summed E-state index contributed by atoms with van der Waals surface area (Å²) in [5.41, 5.74) is -0.719. The summed E-state index contributed by atoms with van der Waals surface area (Å²) in [6.45, 7) is 8.94. The van der Waals surface area contributed by atoms with E-state index in [1.165, 1.54) is 12.8 Å². The van der Waals surface area contributed by atoms with Gasteiger partial charge in [-0.15, -0.1) is 0 Å². The van der Waals surface area contributed by atoms with Crippen LogP contribution >= 0.6 is 0 Å². The Bertz CT molecular complexity index is 462. The second kappa shape index (κ2) is 17.5. The molecule has 0 aliphatic heterocycles. The Hall–Kier alpha value is -1.40. The second-order valence-electron chi connectivity index (χ2n) is 7.72. The zero-order chi connectivity index (χ0) is 22.0. The van der Waals surface area contributed by atoms with Crippen molar-refractivity contribution in [1.29, 1.82) is 0 Å². The number of allylic oxidation sites excluding steroid dienone is 1. The number of carbonyl (C=O) groups is 2. The molecular weight excluding hydrogens is 370 g/mol. The number of aliphatic hydroxyl groups is 1. The van der Waals surface area contributed by atoms with Crippen LogP contribution in [0.5, 0.6) is 0 Å². The number of ether oxygens (including phenoxy) is 2. The molecule has 0 saturated carbocycles. The van der Waals surface area contributed by atoms with Crippen LogP contribution in [-0.2, 0) is 19.1 Å². The molecule has 0 aromatic rings. The molecule has 0 aliphatic rings. The minimum atomic E-state index is -0.719. The van der Waals surface area contributed by atoms with Gasteiger partial charge in [-0.25, -0.2) is 0 Å². The van der Waals surface area contributed by atoms with Crippen LogP contribution in [0.4, 0.5) is 0 Å². The summed E-state index contributed by atoms with van der Waals surface area (Å²) >= 11 is 0. The summed E-state index contributed by atoms with van der Waals surface area (Å²) in [5.74, 6) is -0.444. The van der Waals surface area contributed by atoms with Crippen molar-refractivity contribution in [3.8, 4) is 0 Å². The molecule has 0 spiro atoms. The molecule has 170 valence electrons. The molecule has 0 heterocycles. The fraction of sp³-hybridized carbons (Fsp3) is 0.826. The lowest BCUT2D eigenvalue weighted by Crippen LogP contribution is -2.40. The maximum absolute atomic E-state index is 12.2. The lowest BCUT2D eigenvalue weighted by Gasteiger charge is -2.25. The lowest BCUT2D eigenvalue weighted by molar-refractivity contribution is -0.145. The van der Waals surface area contributed by atoms with Crippen molar-refractivity contribution in [3.63, 3.8) is 0 Å². The molecule has 29 heavy (non-hydrogen) atoms. The zero-order valence-electron chi connectivity index (χ0n) is 19.0. The Labute approximate surface area is 177 Å². The fourth-order valence-corrected chi connectivity index (χ4v) is 3.03. The predicted molar refractivity (Wildman–Crippen MR) is 117 cm³/mol. The van der Waals surface area contributed by atoms with Gasteiger partial charge in [0.05, 0.1) is 18.8 Å². The molecule has 0 aromatic carbocycles. The first-order valence-corrected chi connectivity index (χ1v) is 11.3. The third kappa shape index (κ3) is 16.1. The van der Waals surface area contributed by atoms with Crippen molar-refractivity contribution < 1.29 is 24.2 Å². The number of hydrogen-bond acceptors (Lipinski definition) is 6. The van der Waals surface area contributed by atoms with Crippen molar-refractivity contribution in [1.82, 2.24) is 5.32 Å². The summed E-state index contributed by atoms with van der Waals surface area (Å²) in [6.07, 6.45) is 12.3. The van der Waals surface area contributed by atoms with Crippen LogP contribution < -0.4 is 5.32 Å². The lowest BCUT2D eigenvalue weighted by atomic mass is 9.94. The molecule has 0 fully saturated rings. The van der Waals surface area contributed by atoms with E-state index in [0.29, 0.717) is 39.0 Å². The molecular formula is C23H43NO5. The molecule has 2 N–H and O–H groups in total. The molecule has 0 aliphatic carbocycles. The number of hydrogen-bond donors (Lipinski definition) is 2. The number of unbranched alkanes of at least 4 members (excludes halogenated alkanes) is 4. The highest BCUT2D eigenvalue weighted by molar-refractivity contribution is 5.76. The van der Waals surface area contributed by atoms with Gasteiger partial charge < -0.3 is 19.9 Å². The van der Waals surface area contributed by atoms with Gasteiger partial charge in [0.25, 0.3) is 0 Å². The molecule has 6 heteroatoms. The SMILES string of the molecule is CCCCCCC(C)(O)CCNC(CC=CCCCC(=O)OCC)C(=O)OCC. The summed E-state index contributed by atoms with van der Waals surface area (Å²) in [5, 5.41) is 13.7. The highest BCUT2D eigenvalue weighted by Gasteiger charge is 2.22. The number of esters is 2. The van der Waals surface area contributed by atoms with Crippen LogP contribution in [0.1, 0.15) is 91.9 Å². The van der Waals surface area contributed by atoms with E-state index < -0.39 is 11.6 Å². The van der Waals surface area contributed by atoms with E-state index in [1.54, 1.807) is 13.8 Å². The summed E-state index contributed by atoms with van der Waals surface area (Å²) in [4.78, 5) is 23.5. The largest absolute Gasteiger partial charge is 0.466 e. The van der Waals surface area contributed by atoms with E-state index in [9.17, 15) is 14.7 Å². The molecule has 6 nitrogen and oxygen atoms in total. The molecule has 2 atom stereocenters. The molecule has 0 saturated heterocycles. The number of carbonyl (C=O) groups excluding carboxylic acids is 2. The molecule has 0 rings (SSSR count). The maximum Gasteiger partial charge on any atom is 0.323 e. The van der Waals surface area contributed by atoms with Crippen LogP contribution in [-0.4, -0.2) is 48.4 Å². The minimum absolute atomic E-state index is 0.172. The smallest absolute Gasteiger partial charge is 0.323 e. The normalized spacial score (nSPS) is 14.5. The van der Waals surface area contributed by atoms with E-state index in [1.807, 2.05) is 19.1 Å². The zero-order valence-corrected chi connectivity index (χ0v) is 19.0. The number of nitrogens with one attached hydrogen (secondary N) is 1. The Morgan fingerprint density at radius 3 is 2.38 bits per heavy atom. The van der Waals surface area contributed by atoms with E-state index in [0.717, 1.165) is 32.1 Å². The second-order valence-corrected chi connectivity index (χ2v) is 7.72. The Morgan fingerprint density at radius 1 is 1.00 bits per heavy atom. The Balaban J connectivity index is 4.30. The van der Waals surface area contributed by atoms with Gasteiger partial charge in [-0.05, 0) is 59.4 Å². The van der Waals surface area contributed by atoms with E-state index in [4.69, 9.17) is 9.47 Å². The van der Waals surface area contributed by atoms with Crippen LogP contribution in [0.2, 0.25) is 0 Å². The van der Waals surface area contributed by atoms with Gasteiger partial charge in [-0.2, -0.15) is 0 Å². The Kier molecular flexibility index (Phi) is 16.6. The monoisotopic (exact) mass is 413 g/mol. The first-order chi connectivity index (χ1) is 13.9. The van der Waals surface area contributed by atoms with Crippen molar-refractivity contribution in [3.05, 3.63) is 12.2 Å². The molecule has 0 bridgehead atoms. The fourth-order valence-electron chi connectivity index (χ4n) is 3.03. The first kappa shape index (κ1) is 27.6. The molecule has 0 amide bonds. The highest BCUT2D eigenvalue weighted by atomic mass is 16.5. The van der Waals surface area contributed by atoms with Gasteiger partial charge in [0, 0.05) is 6.42 Å². The Morgan fingerprint density at radius 2 is 1.72 bits per heavy atom. The third-order valence-electron chi connectivity index (χ3n) is 4.79. The van der Waals surface area contributed by atoms with Crippen LogP contribution in [0.25, 0.3) is 0 Å². The molecule has 0 aromatic heterocycles. The third-order valence-corrected chi connectivity index (χ3v) is 4.79. The average Bonchev–Trinajstić information content (AvgIpc) is 2.66. The topological polar surface area (TPSA) is 84.9 Å². The highest BCUT2D eigenvalue weighted by Crippen LogP contribution is 2.18. The van der Waals surface area contributed by atoms with Gasteiger partial charge in [0.15, 0.2) is 0 Å². The van der Waals surface area contributed by atoms with Gasteiger partial charge in [-0.3, -0.25) is 9.59 Å². The number of rotatable bonds is 18. The van der Waals surface area contributed by atoms with Gasteiger partial charge in [-0.1, -0.05) is 44.8 Å². The van der Waals surface area contributed by atoms with Crippen LogP contribution in [0.15, 0.2) is 12.2 Å². The maximum atomic E-state index is 12.2. The average molecular weight is 414 g/mol. The standard InChI is InChI=1S/C23H43NO5/c1-5-8-9-14-17-23(4,27)18-19-24-20(22(26)29-7-3)15-12-10-11-13-16-21(25)28-6-2/h10,12,20,24,27H,5-9,11,13-19H2,1-4H3. The van der Waals surface area contributed by atoms with Gasteiger partial charge in [0.1, 0.15) is 6.04 Å². The molecule has 0 radical (unpaired) electrons. The van der Waals surface area contributed by atoms with Gasteiger partial charge >= 0.3 is 11.9 Å². The molecule has 2 unspecified atom stereocenters. The van der Waals surface area contributed by atoms with E-state index >= 15 is 0 Å². The quantitative estimate of drug-likeness (QED) is 0.198. The van der Waals surface area contributed by atoms with Crippen molar-refractivity contribution >= 4 is 11.9 Å². The van der Waals surface area contributed by atoms with Crippen molar-refractivity contribution in [2.24, 2.45) is 0 Å². The minimum Gasteiger partial charge on any atom is -0.466 e. The summed E-state index contributed by atoms with van der Waals surface area (Å²) in [7, 11) is 0. The first-order valence-electron chi connectivity index (χ1n) is 11.3. The van der Waals surface area contributed by atoms with Crippen molar-refractivity contribution in [2.75, 3.05) is 19.8 Å². The van der Waals surface area contributed by atoms with E-state index in [-0.39, 0.29) is 11.9 Å². The summed E-state index contributed by atoms with van der Waals surface area (Å²) in [6, 6.07) is -0.424. The van der Waals surface area contributed by atoms with Crippen molar-refractivity contribution in [2.45, 2.75) is 104 Å². The van der Waals surface area contributed by atoms with Crippen LogP contribution in [0.3, 0.4) is 0 Å². The van der Waals surface area contributed by atoms with E-state index in [2.05, 4.69) is 12.2 Å². The van der Waals surface area contributed by atoms with Gasteiger partial charge in [0.2, 0.25) is 0 Å².